The largest absolute Gasteiger partial charge is 0.453 e. The molecule has 10 nitrogen and oxygen atoms in total. The number of anilines is 1. The molecule has 2 amide bonds. The van der Waals surface area contributed by atoms with Gasteiger partial charge in [0, 0.05) is 22.8 Å². The van der Waals surface area contributed by atoms with Gasteiger partial charge in [0.25, 0.3) is 11.7 Å². The maximum Gasteiger partial charge on any atom is 0.453 e. The summed E-state index contributed by atoms with van der Waals surface area (Å²) in [5, 5.41) is 8.67. The molecule has 1 fully saturated rings. The van der Waals surface area contributed by atoms with Crippen LogP contribution in [0.1, 0.15) is 47.8 Å². The molecule has 0 aliphatic heterocycles. The summed E-state index contributed by atoms with van der Waals surface area (Å²) in [6, 6.07) is 5.19. The second-order valence-electron chi connectivity index (χ2n) is 8.51. The molecule has 1 aliphatic rings. The molecule has 2 heterocycles. The maximum absolute atomic E-state index is 13.4. The van der Waals surface area contributed by atoms with Gasteiger partial charge in [-0.2, -0.15) is 17.9 Å². The van der Waals surface area contributed by atoms with E-state index in [2.05, 4.69) is 25.7 Å². The minimum absolute atomic E-state index is 0.0127. The van der Waals surface area contributed by atoms with Crippen molar-refractivity contribution >= 4 is 38.9 Å². The number of halogens is 4. The second kappa shape index (κ2) is 9.74. The number of sulfone groups is 1. The van der Waals surface area contributed by atoms with Gasteiger partial charge < -0.3 is 10.6 Å². The number of benzene rings is 1. The zero-order valence-corrected chi connectivity index (χ0v) is 20.9. The van der Waals surface area contributed by atoms with Crippen LogP contribution in [0.2, 0.25) is 5.02 Å². The first-order valence-corrected chi connectivity index (χ1v) is 13.1. The Morgan fingerprint density at radius 3 is 2.46 bits per heavy atom. The molecule has 15 heteroatoms. The Bertz CT molecular complexity index is 1470. The van der Waals surface area contributed by atoms with Crippen LogP contribution < -0.4 is 10.6 Å². The Morgan fingerprint density at radius 2 is 1.89 bits per heavy atom. The first kappa shape index (κ1) is 26.5. The summed E-state index contributed by atoms with van der Waals surface area (Å²) in [5.41, 5.74) is 0.248. The van der Waals surface area contributed by atoms with E-state index in [0.29, 0.717) is 5.69 Å². The van der Waals surface area contributed by atoms with Gasteiger partial charge in [-0.1, -0.05) is 11.6 Å². The molecule has 1 aromatic carbocycles. The SMILES string of the molecule is C[C@@H](NC(=O)c1cc(Cl)cc(S(C)(=O)=O)c1)c1nc(C(F)(F)F)nn1-c1ccc(NC(=O)C2CC2)cn1. The van der Waals surface area contributed by atoms with Crippen molar-refractivity contribution in [1.82, 2.24) is 25.1 Å². The Balaban J connectivity index is 1.62. The van der Waals surface area contributed by atoms with Gasteiger partial charge in [-0.25, -0.2) is 18.4 Å². The average Bonchev–Trinajstić information content (AvgIpc) is 3.55. The first-order valence-electron chi connectivity index (χ1n) is 10.9. The molecule has 3 aromatic rings. The van der Waals surface area contributed by atoms with Crippen LogP contribution in [-0.4, -0.2) is 46.2 Å². The lowest BCUT2D eigenvalue weighted by atomic mass is 10.2. The molecule has 2 N–H and O–H groups in total. The van der Waals surface area contributed by atoms with Crippen molar-refractivity contribution in [2.45, 2.75) is 36.9 Å². The van der Waals surface area contributed by atoms with E-state index in [9.17, 15) is 31.2 Å². The van der Waals surface area contributed by atoms with Crippen LogP contribution in [0.4, 0.5) is 18.9 Å². The molecule has 0 bridgehead atoms. The number of carbonyl (C=O) groups excluding carboxylic acids is 2. The minimum Gasteiger partial charge on any atom is -0.342 e. The zero-order valence-electron chi connectivity index (χ0n) is 19.4. The number of amides is 2. The van der Waals surface area contributed by atoms with Gasteiger partial charge in [-0.3, -0.25) is 9.59 Å². The molecule has 0 spiro atoms. The van der Waals surface area contributed by atoms with Crippen molar-refractivity contribution in [2.75, 3.05) is 11.6 Å². The van der Waals surface area contributed by atoms with Crippen molar-refractivity contribution in [3.8, 4) is 5.82 Å². The number of carbonyl (C=O) groups is 2. The monoisotopic (exact) mass is 556 g/mol. The average molecular weight is 557 g/mol. The Morgan fingerprint density at radius 1 is 1.19 bits per heavy atom. The Kier molecular flexibility index (Phi) is 6.99. The molecule has 2 aromatic heterocycles. The van der Waals surface area contributed by atoms with Gasteiger partial charge in [0.2, 0.25) is 5.91 Å². The number of alkyl halides is 3. The van der Waals surface area contributed by atoms with E-state index in [0.717, 1.165) is 29.8 Å². The van der Waals surface area contributed by atoms with Crippen molar-refractivity contribution in [2.24, 2.45) is 5.92 Å². The molecular formula is C22H20ClF3N6O4S. The summed E-state index contributed by atoms with van der Waals surface area (Å²) in [6.07, 6.45) is -1.06. The Hall–Kier alpha value is -3.52. The molecule has 0 saturated heterocycles. The third-order valence-corrected chi connectivity index (χ3v) is 6.67. The molecule has 1 aliphatic carbocycles. The minimum atomic E-state index is -4.88. The van der Waals surface area contributed by atoms with E-state index in [1.165, 1.54) is 37.4 Å². The van der Waals surface area contributed by atoms with Gasteiger partial charge in [0.1, 0.15) is 0 Å². The number of rotatable bonds is 7. The van der Waals surface area contributed by atoms with E-state index in [4.69, 9.17) is 11.6 Å². The molecule has 196 valence electrons. The summed E-state index contributed by atoms with van der Waals surface area (Å²) in [4.78, 5) is 32.2. The molecular weight excluding hydrogens is 537 g/mol. The van der Waals surface area contributed by atoms with Crippen LogP contribution >= 0.6 is 11.6 Å². The quantitative estimate of drug-likeness (QED) is 0.454. The Labute approximate surface area is 214 Å². The lowest BCUT2D eigenvalue weighted by Crippen LogP contribution is -2.29. The summed E-state index contributed by atoms with van der Waals surface area (Å²) >= 11 is 5.95. The number of nitrogens with one attached hydrogen (secondary N) is 2. The molecule has 0 radical (unpaired) electrons. The van der Waals surface area contributed by atoms with Crippen LogP contribution in [-0.2, 0) is 20.8 Å². The fraction of sp³-hybridized carbons (Fsp3) is 0.318. The zero-order chi connectivity index (χ0) is 27.1. The van der Waals surface area contributed by atoms with E-state index in [1.54, 1.807) is 0 Å². The third-order valence-electron chi connectivity index (χ3n) is 5.36. The smallest absolute Gasteiger partial charge is 0.342 e. The van der Waals surface area contributed by atoms with Gasteiger partial charge in [-0.15, -0.1) is 5.10 Å². The number of pyridine rings is 1. The van der Waals surface area contributed by atoms with Gasteiger partial charge in [0.15, 0.2) is 21.5 Å². The van der Waals surface area contributed by atoms with Crippen molar-refractivity contribution in [1.29, 1.82) is 0 Å². The highest BCUT2D eigenvalue weighted by atomic mass is 35.5. The lowest BCUT2D eigenvalue weighted by Gasteiger charge is -2.15. The second-order valence-corrected chi connectivity index (χ2v) is 11.0. The molecule has 0 unspecified atom stereocenters. The highest BCUT2D eigenvalue weighted by molar-refractivity contribution is 7.90. The number of aromatic nitrogens is 4. The first-order chi connectivity index (χ1) is 17.2. The van der Waals surface area contributed by atoms with Crippen molar-refractivity contribution in [3.63, 3.8) is 0 Å². The van der Waals surface area contributed by atoms with Crippen molar-refractivity contribution < 1.29 is 31.2 Å². The highest BCUT2D eigenvalue weighted by Crippen LogP contribution is 2.31. The van der Waals surface area contributed by atoms with E-state index < -0.39 is 33.8 Å². The summed E-state index contributed by atoms with van der Waals surface area (Å²) in [5.74, 6) is -2.77. The molecule has 4 rings (SSSR count). The third kappa shape index (κ3) is 6.25. The van der Waals surface area contributed by atoms with E-state index in [1.807, 2.05) is 0 Å². The van der Waals surface area contributed by atoms with Crippen LogP contribution in [0.15, 0.2) is 41.4 Å². The standard InChI is InChI=1S/C22H20ClF3N6O4S/c1-11(28-20(34)13-7-14(23)9-16(8-13)37(2,35)36)18-30-21(22(24,25)26)31-32(18)17-6-5-15(10-27-17)29-19(33)12-3-4-12/h5-12H,3-4H2,1-2H3,(H,28,34)(H,29,33)/t11-/m1/s1. The fourth-order valence-electron chi connectivity index (χ4n) is 3.32. The predicted molar refractivity (Wildman–Crippen MR) is 126 cm³/mol. The molecule has 1 atom stereocenters. The van der Waals surface area contributed by atoms with Gasteiger partial charge >= 0.3 is 6.18 Å². The summed E-state index contributed by atoms with van der Waals surface area (Å²) in [6.45, 7) is 1.38. The van der Waals surface area contributed by atoms with Gasteiger partial charge in [0.05, 0.1) is 22.8 Å². The highest BCUT2D eigenvalue weighted by Gasteiger charge is 2.38. The van der Waals surface area contributed by atoms with Crippen LogP contribution in [0.5, 0.6) is 0 Å². The van der Waals surface area contributed by atoms with Gasteiger partial charge in [-0.05, 0) is 50.1 Å². The lowest BCUT2D eigenvalue weighted by molar-refractivity contribution is -0.144. The topological polar surface area (TPSA) is 136 Å². The predicted octanol–water partition coefficient (Wildman–Crippen LogP) is 3.58. The van der Waals surface area contributed by atoms with Crippen LogP contribution in [0.25, 0.3) is 5.82 Å². The normalized spacial score (nSPS) is 14.8. The maximum atomic E-state index is 13.4. The van der Waals surface area contributed by atoms with Crippen LogP contribution in [0.3, 0.4) is 0 Å². The van der Waals surface area contributed by atoms with Crippen LogP contribution in [0, 0.1) is 5.92 Å². The number of hydrogen-bond acceptors (Lipinski definition) is 7. The van der Waals surface area contributed by atoms with E-state index >= 15 is 0 Å². The summed E-state index contributed by atoms with van der Waals surface area (Å²) in [7, 11) is -3.68. The van der Waals surface area contributed by atoms with Crippen molar-refractivity contribution in [3.05, 3.63) is 58.8 Å². The fourth-order valence-corrected chi connectivity index (χ4v) is 4.30. The molecule has 37 heavy (non-hydrogen) atoms. The summed E-state index contributed by atoms with van der Waals surface area (Å²) < 4.78 is 64.8. The number of nitrogens with zero attached hydrogens (tertiary/aromatic N) is 4. The molecule has 1 saturated carbocycles. The van der Waals surface area contributed by atoms with E-state index in [-0.39, 0.29) is 38.9 Å². The number of hydrogen-bond donors (Lipinski definition) is 2.